The summed E-state index contributed by atoms with van der Waals surface area (Å²) in [7, 11) is 0. The molecule has 2 aromatic rings. The molecule has 0 aliphatic heterocycles. The average Bonchev–Trinajstić information content (AvgIpc) is 2.86. The number of aryl methyl sites for hydroxylation is 1. The lowest BCUT2D eigenvalue weighted by Crippen LogP contribution is -2.01. The summed E-state index contributed by atoms with van der Waals surface area (Å²) >= 11 is 0. The van der Waals surface area contributed by atoms with Crippen LogP contribution in [0.15, 0.2) is 34.7 Å². The minimum absolute atomic E-state index is 0.0543. The molecule has 2 rings (SSSR count). The summed E-state index contributed by atoms with van der Waals surface area (Å²) in [6.45, 7) is 6.34. The predicted molar refractivity (Wildman–Crippen MR) is 79.9 cm³/mol. The number of para-hydroxylation sites is 1. The van der Waals surface area contributed by atoms with Crippen molar-refractivity contribution in [2.45, 2.75) is 39.7 Å². The molecule has 112 valence electrons. The van der Waals surface area contributed by atoms with Gasteiger partial charge in [0.2, 0.25) is 5.76 Å². The van der Waals surface area contributed by atoms with Gasteiger partial charge in [0.25, 0.3) is 0 Å². The zero-order valence-corrected chi connectivity index (χ0v) is 12.6. The topological polar surface area (TPSA) is 59.7 Å². The number of carboxylic acid groups (broad SMARTS) is 1. The van der Waals surface area contributed by atoms with Crippen molar-refractivity contribution in [3.8, 4) is 5.75 Å². The minimum Gasteiger partial charge on any atom is -0.488 e. The maximum absolute atomic E-state index is 10.9. The van der Waals surface area contributed by atoms with E-state index >= 15 is 0 Å². The van der Waals surface area contributed by atoms with Gasteiger partial charge in [-0.05, 0) is 37.0 Å². The van der Waals surface area contributed by atoms with E-state index in [9.17, 15) is 4.79 Å². The van der Waals surface area contributed by atoms with Crippen molar-refractivity contribution in [1.29, 1.82) is 0 Å². The number of carboxylic acids is 1. The molecule has 0 amide bonds. The molecule has 0 aliphatic carbocycles. The molecule has 0 aliphatic rings. The molecule has 0 fully saturated rings. The molecule has 21 heavy (non-hydrogen) atoms. The number of aromatic carboxylic acids is 1. The molecule has 0 radical (unpaired) electrons. The molecule has 0 spiro atoms. The van der Waals surface area contributed by atoms with Crippen LogP contribution in [0.5, 0.6) is 5.75 Å². The van der Waals surface area contributed by atoms with Crippen LogP contribution in [-0.4, -0.2) is 11.1 Å². The number of furan rings is 1. The number of carbonyl (C=O) groups is 1. The standard InChI is InChI=1S/C17H20O4/c1-4-11(2)14-7-5-6-8-15(14)20-10-13-9-16(17(18)19)21-12(13)3/h5-9,11H,4,10H2,1-3H3,(H,18,19). The lowest BCUT2D eigenvalue weighted by atomic mass is 9.98. The highest BCUT2D eigenvalue weighted by Gasteiger charge is 2.15. The quantitative estimate of drug-likeness (QED) is 0.857. The predicted octanol–water partition coefficient (Wildman–Crippen LogP) is 4.38. The fourth-order valence-electron chi connectivity index (χ4n) is 2.16. The van der Waals surface area contributed by atoms with E-state index in [1.165, 1.54) is 11.6 Å². The summed E-state index contributed by atoms with van der Waals surface area (Å²) in [5.74, 6) is 0.713. The third-order valence-electron chi connectivity index (χ3n) is 3.68. The van der Waals surface area contributed by atoms with Crippen LogP contribution in [-0.2, 0) is 6.61 Å². The first-order valence-electron chi connectivity index (χ1n) is 7.07. The van der Waals surface area contributed by atoms with E-state index in [0.29, 0.717) is 18.3 Å². The largest absolute Gasteiger partial charge is 0.488 e. The first-order chi connectivity index (χ1) is 10.0. The molecular weight excluding hydrogens is 268 g/mol. The number of benzene rings is 1. The summed E-state index contributed by atoms with van der Waals surface area (Å²) < 4.78 is 11.1. The zero-order valence-electron chi connectivity index (χ0n) is 12.6. The Morgan fingerprint density at radius 2 is 2.10 bits per heavy atom. The fraction of sp³-hybridized carbons (Fsp3) is 0.353. The summed E-state index contributed by atoms with van der Waals surface area (Å²) in [4.78, 5) is 10.9. The van der Waals surface area contributed by atoms with Crippen molar-refractivity contribution in [3.63, 3.8) is 0 Å². The van der Waals surface area contributed by atoms with Gasteiger partial charge in [0.1, 0.15) is 18.1 Å². The molecule has 1 N–H and O–H groups in total. The van der Waals surface area contributed by atoms with E-state index in [-0.39, 0.29) is 5.76 Å². The average molecular weight is 288 g/mol. The lowest BCUT2D eigenvalue weighted by molar-refractivity contribution is 0.0661. The Balaban J connectivity index is 2.15. The van der Waals surface area contributed by atoms with E-state index in [2.05, 4.69) is 19.9 Å². The maximum Gasteiger partial charge on any atom is 0.371 e. The van der Waals surface area contributed by atoms with Crippen molar-refractivity contribution >= 4 is 5.97 Å². The molecule has 1 atom stereocenters. The van der Waals surface area contributed by atoms with Crippen LogP contribution in [0.3, 0.4) is 0 Å². The van der Waals surface area contributed by atoms with E-state index in [0.717, 1.165) is 17.7 Å². The van der Waals surface area contributed by atoms with Crippen molar-refractivity contribution in [2.24, 2.45) is 0 Å². The van der Waals surface area contributed by atoms with E-state index in [1.807, 2.05) is 18.2 Å². The van der Waals surface area contributed by atoms with Gasteiger partial charge in [0.15, 0.2) is 0 Å². The van der Waals surface area contributed by atoms with Crippen molar-refractivity contribution in [2.75, 3.05) is 0 Å². The van der Waals surface area contributed by atoms with Crippen molar-refractivity contribution in [1.82, 2.24) is 0 Å². The Bertz CT molecular complexity index is 627. The van der Waals surface area contributed by atoms with Gasteiger partial charge in [0.05, 0.1) is 0 Å². The van der Waals surface area contributed by atoms with E-state index in [4.69, 9.17) is 14.3 Å². The monoisotopic (exact) mass is 288 g/mol. The van der Waals surface area contributed by atoms with Gasteiger partial charge in [-0.1, -0.05) is 32.0 Å². The van der Waals surface area contributed by atoms with Crippen LogP contribution in [0.25, 0.3) is 0 Å². The van der Waals surface area contributed by atoms with Gasteiger partial charge in [0, 0.05) is 5.56 Å². The molecule has 1 unspecified atom stereocenters. The summed E-state index contributed by atoms with van der Waals surface area (Å²) in [5.41, 5.74) is 1.92. The van der Waals surface area contributed by atoms with Gasteiger partial charge >= 0.3 is 5.97 Å². The van der Waals surface area contributed by atoms with Crippen LogP contribution < -0.4 is 4.74 Å². The number of rotatable bonds is 6. The Morgan fingerprint density at radius 3 is 2.71 bits per heavy atom. The van der Waals surface area contributed by atoms with E-state index in [1.54, 1.807) is 6.92 Å². The molecule has 0 bridgehead atoms. The Morgan fingerprint density at radius 1 is 1.38 bits per heavy atom. The first-order valence-corrected chi connectivity index (χ1v) is 7.07. The lowest BCUT2D eigenvalue weighted by Gasteiger charge is -2.15. The molecule has 4 heteroatoms. The van der Waals surface area contributed by atoms with Gasteiger partial charge in [-0.2, -0.15) is 0 Å². The first kappa shape index (κ1) is 15.2. The van der Waals surface area contributed by atoms with Crippen molar-refractivity contribution in [3.05, 3.63) is 53.0 Å². The van der Waals surface area contributed by atoms with Gasteiger partial charge in [-0.3, -0.25) is 0 Å². The molecule has 1 aromatic carbocycles. The smallest absolute Gasteiger partial charge is 0.371 e. The van der Waals surface area contributed by atoms with E-state index < -0.39 is 5.97 Å². The molecule has 4 nitrogen and oxygen atoms in total. The highest BCUT2D eigenvalue weighted by atomic mass is 16.5. The third kappa shape index (κ3) is 3.45. The molecule has 0 saturated carbocycles. The van der Waals surface area contributed by atoms with Gasteiger partial charge < -0.3 is 14.3 Å². The van der Waals surface area contributed by atoms with Crippen LogP contribution >= 0.6 is 0 Å². The number of hydrogen-bond acceptors (Lipinski definition) is 3. The summed E-state index contributed by atoms with van der Waals surface area (Å²) in [6, 6.07) is 9.46. The van der Waals surface area contributed by atoms with Crippen LogP contribution in [0.1, 0.15) is 53.6 Å². The zero-order chi connectivity index (χ0) is 15.4. The number of ether oxygens (including phenoxy) is 1. The number of hydrogen-bond donors (Lipinski definition) is 1. The highest BCUT2D eigenvalue weighted by molar-refractivity contribution is 5.84. The van der Waals surface area contributed by atoms with Crippen molar-refractivity contribution < 1.29 is 19.1 Å². The molecule has 0 saturated heterocycles. The Kier molecular flexibility index (Phi) is 4.68. The van der Waals surface area contributed by atoms with Gasteiger partial charge in [-0.25, -0.2) is 4.79 Å². The second kappa shape index (κ2) is 6.48. The molecule has 1 heterocycles. The highest BCUT2D eigenvalue weighted by Crippen LogP contribution is 2.29. The van der Waals surface area contributed by atoms with Crippen LogP contribution in [0.2, 0.25) is 0 Å². The third-order valence-corrected chi connectivity index (χ3v) is 3.68. The molecule has 1 aromatic heterocycles. The summed E-state index contributed by atoms with van der Waals surface area (Å²) in [5, 5.41) is 8.92. The fourth-order valence-corrected chi connectivity index (χ4v) is 2.16. The second-order valence-corrected chi connectivity index (χ2v) is 5.13. The molecular formula is C17H20O4. The maximum atomic E-state index is 10.9. The van der Waals surface area contributed by atoms with Crippen LogP contribution in [0, 0.1) is 6.92 Å². The SMILES string of the molecule is CCC(C)c1ccccc1OCc1cc(C(=O)O)oc1C. The Hall–Kier alpha value is -2.23. The normalized spacial score (nSPS) is 12.1. The van der Waals surface area contributed by atoms with Crippen LogP contribution in [0.4, 0.5) is 0 Å². The Labute approximate surface area is 124 Å². The summed E-state index contributed by atoms with van der Waals surface area (Å²) in [6.07, 6.45) is 1.04. The minimum atomic E-state index is -1.07. The van der Waals surface area contributed by atoms with Gasteiger partial charge in [-0.15, -0.1) is 0 Å². The second-order valence-electron chi connectivity index (χ2n) is 5.13.